The van der Waals surface area contributed by atoms with Gasteiger partial charge in [0.2, 0.25) is 0 Å². The Morgan fingerprint density at radius 3 is 1.88 bits per heavy atom. The standard InChI is InChI=1S/C23H36O2/c1-4-5-6-7-8-9-10-11-12-13-14-15-16-17-18-19-20-21-23(24)25-22(2)3/h12-22H,4-11H2,1-3H3. The van der Waals surface area contributed by atoms with Crippen LogP contribution in [-0.2, 0) is 9.53 Å². The van der Waals surface area contributed by atoms with Gasteiger partial charge in [0.25, 0.3) is 0 Å². The fourth-order valence-corrected chi connectivity index (χ4v) is 2.18. The first-order valence-corrected chi connectivity index (χ1v) is 9.70. The average Bonchev–Trinajstić information content (AvgIpc) is 2.57. The Labute approximate surface area is 155 Å². The third kappa shape index (κ3) is 20.1. The maximum Gasteiger partial charge on any atom is 0.330 e. The van der Waals surface area contributed by atoms with Crippen LogP contribution in [0.15, 0.2) is 60.8 Å². The van der Waals surface area contributed by atoms with Gasteiger partial charge < -0.3 is 4.74 Å². The molecule has 0 fully saturated rings. The lowest BCUT2D eigenvalue weighted by atomic mass is 10.1. The lowest BCUT2D eigenvalue weighted by molar-refractivity contribution is -0.141. The van der Waals surface area contributed by atoms with Gasteiger partial charge in [-0.25, -0.2) is 4.79 Å². The van der Waals surface area contributed by atoms with E-state index in [2.05, 4.69) is 19.1 Å². The predicted molar refractivity (Wildman–Crippen MR) is 110 cm³/mol. The Hall–Kier alpha value is -1.83. The first-order valence-electron chi connectivity index (χ1n) is 9.70. The number of carbonyl (C=O) groups is 1. The zero-order valence-corrected chi connectivity index (χ0v) is 16.3. The van der Waals surface area contributed by atoms with Crippen LogP contribution in [0.5, 0.6) is 0 Å². The molecule has 25 heavy (non-hydrogen) atoms. The number of hydrogen-bond acceptors (Lipinski definition) is 2. The zero-order valence-electron chi connectivity index (χ0n) is 16.3. The quantitative estimate of drug-likeness (QED) is 0.149. The second-order valence-corrected chi connectivity index (χ2v) is 6.34. The van der Waals surface area contributed by atoms with Gasteiger partial charge in [-0.05, 0) is 26.7 Å². The smallest absolute Gasteiger partial charge is 0.330 e. The minimum atomic E-state index is -0.311. The molecule has 0 unspecified atom stereocenters. The summed E-state index contributed by atoms with van der Waals surface area (Å²) in [6.07, 6.45) is 29.7. The summed E-state index contributed by atoms with van der Waals surface area (Å²) < 4.78 is 4.98. The van der Waals surface area contributed by atoms with E-state index in [4.69, 9.17) is 4.74 Å². The molecule has 140 valence electrons. The summed E-state index contributed by atoms with van der Waals surface area (Å²) in [6, 6.07) is 0. The van der Waals surface area contributed by atoms with Gasteiger partial charge in [0, 0.05) is 6.08 Å². The fraction of sp³-hybridized carbons (Fsp3) is 0.522. The summed E-state index contributed by atoms with van der Waals surface area (Å²) in [5, 5.41) is 0. The van der Waals surface area contributed by atoms with E-state index < -0.39 is 0 Å². The summed E-state index contributed by atoms with van der Waals surface area (Å²) in [5.74, 6) is -0.311. The molecule has 2 nitrogen and oxygen atoms in total. The SMILES string of the molecule is CCCCCCCCCC=CC=CC=CC=CC=CC(=O)OC(C)C. The van der Waals surface area contributed by atoms with Crippen LogP contribution in [0.3, 0.4) is 0 Å². The van der Waals surface area contributed by atoms with Gasteiger partial charge in [-0.3, -0.25) is 0 Å². The highest BCUT2D eigenvalue weighted by Crippen LogP contribution is 2.08. The molecule has 0 aliphatic heterocycles. The first kappa shape index (κ1) is 23.2. The van der Waals surface area contributed by atoms with E-state index in [1.807, 2.05) is 50.3 Å². The molecule has 0 saturated heterocycles. The second-order valence-electron chi connectivity index (χ2n) is 6.34. The van der Waals surface area contributed by atoms with Crippen molar-refractivity contribution in [1.29, 1.82) is 0 Å². The van der Waals surface area contributed by atoms with E-state index in [9.17, 15) is 4.79 Å². The summed E-state index contributed by atoms with van der Waals surface area (Å²) in [6.45, 7) is 5.92. The molecule has 0 aromatic rings. The summed E-state index contributed by atoms with van der Waals surface area (Å²) >= 11 is 0. The van der Waals surface area contributed by atoms with Crippen molar-refractivity contribution in [2.45, 2.75) is 78.2 Å². The van der Waals surface area contributed by atoms with Gasteiger partial charge >= 0.3 is 5.97 Å². The van der Waals surface area contributed by atoms with E-state index in [-0.39, 0.29) is 12.1 Å². The van der Waals surface area contributed by atoms with Crippen molar-refractivity contribution in [3.8, 4) is 0 Å². The molecule has 0 N–H and O–H groups in total. The molecule has 2 heteroatoms. The zero-order chi connectivity index (χ0) is 18.6. The Morgan fingerprint density at radius 2 is 1.28 bits per heavy atom. The Morgan fingerprint density at radius 1 is 0.760 bits per heavy atom. The third-order valence-electron chi connectivity index (χ3n) is 3.47. The molecule has 0 aliphatic carbocycles. The molecule has 0 aromatic heterocycles. The molecule has 0 rings (SSSR count). The van der Waals surface area contributed by atoms with Crippen molar-refractivity contribution in [1.82, 2.24) is 0 Å². The van der Waals surface area contributed by atoms with Gasteiger partial charge in [0.1, 0.15) is 0 Å². The number of rotatable bonds is 14. The van der Waals surface area contributed by atoms with E-state index in [0.717, 1.165) is 0 Å². The average molecular weight is 345 g/mol. The Kier molecular flexibility index (Phi) is 17.2. The monoisotopic (exact) mass is 344 g/mol. The number of carbonyl (C=O) groups excluding carboxylic acids is 1. The van der Waals surface area contributed by atoms with E-state index in [0.29, 0.717) is 0 Å². The van der Waals surface area contributed by atoms with Gasteiger partial charge in [0.15, 0.2) is 0 Å². The molecular formula is C23H36O2. The molecule has 0 heterocycles. The van der Waals surface area contributed by atoms with Crippen LogP contribution in [0.4, 0.5) is 0 Å². The predicted octanol–water partition coefficient (Wildman–Crippen LogP) is 6.86. The molecular weight excluding hydrogens is 308 g/mol. The molecule has 0 atom stereocenters. The Balaban J connectivity index is 3.63. The van der Waals surface area contributed by atoms with Crippen molar-refractivity contribution >= 4 is 5.97 Å². The van der Waals surface area contributed by atoms with Crippen molar-refractivity contribution in [3.05, 3.63) is 60.8 Å². The summed E-state index contributed by atoms with van der Waals surface area (Å²) in [7, 11) is 0. The van der Waals surface area contributed by atoms with Crippen LogP contribution in [0.1, 0.15) is 72.1 Å². The molecule has 0 spiro atoms. The maximum atomic E-state index is 11.2. The van der Waals surface area contributed by atoms with Gasteiger partial charge in [-0.1, -0.05) is 100 Å². The van der Waals surface area contributed by atoms with E-state index in [1.165, 1.54) is 57.4 Å². The summed E-state index contributed by atoms with van der Waals surface area (Å²) in [4.78, 5) is 11.2. The van der Waals surface area contributed by atoms with E-state index in [1.54, 1.807) is 6.08 Å². The van der Waals surface area contributed by atoms with E-state index >= 15 is 0 Å². The van der Waals surface area contributed by atoms with Crippen LogP contribution in [0.2, 0.25) is 0 Å². The molecule has 0 aliphatic rings. The van der Waals surface area contributed by atoms with Crippen molar-refractivity contribution < 1.29 is 9.53 Å². The number of unbranched alkanes of at least 4 members (excludes halogenated alkanes) is 7. The van der Waals surface area contributed by atoms with Crippen LogP contribution in [0, 0.1) is 0 Å². The topological polar surface area (TPSA) is 26.3 Å². The molecule has 0 aromatic carbocycles. The number of ether oxygens (including phenoxy) is 1. The summed E-state index contributed by atoms with van der Waals surface area (Å²) in [5.41, 5.74) is 0. The van der Waals surface area contributed by atoms with Gasteiger partial charge in [-0.2, -0.15) is 0 Å². The normalized spacial score (nSPS) is 12.8. The first-order chi connectivity index (χ1) is 12.2. The van der Waals surface area contributed by atoms with Crippen LogP contribution in [-0.4, -0.2) is 12.1 Å². The van der Waals surface area contributed by atoms with Crippen molar-refractivity contribution in [2.24, 2.45) is 0 Å². The lowest BCUT2D eigenvalue weighted by Gasteiger charge is -2.03. The molecule has 0 amide bonds. The Bertz CT molecular complexity index is 451. The maximum absolute atomic E-state index is 11.2. The van der Waals surface area contributed by atoms with Crippen LogP contribution >= 0.6 is 0 Å². The molecule has 0 bridgehead atoms. The molecule has 0 radical (unpaired) electrons. The highest BCUT2D eigenvalue weighted by molar-refractivity contribution is 5.82. The fourth-order valence-electron chi connectivity index (χ4n) is 2.18. The minimum absolute atomic E-state index is 0.0787. The highest BCUT2D eigenvalue weighted by Gasteiger charge is 1.97. The van der Waals surface area contributed by atoms with Crippen LogP contribution in [0.25, 0.3) is 0 Å². The van der Waals surface area contributed by atoms with Gasteiger partial charge in [-0.15, -0.1) is 0 Å². The van der Waals surface area contributed by atoms with Crippen LogP contribution < -0.4 is 0 Å². The number of allylic oxidation sites excluding steroid dienone is 9. The number of hydrogen-bond donors (Lipinski definition) is 0. The third-order valence-corrected chi connectivity index (χ3v) is 3.47. The van der Waals surface area contributed by atoms with Crippen molar-refractivity contribution in [2.75, 3.05) is 0 Å². The highest BCUT2D eigenvalue weighted by atomic mass is 16.5. The molecule has 0 saturated carbocycles. The second kappa shape index (κ2) is 18.5. The number of esters is 1. The minimum Gasteiger partial charge on any atom is -0.460 e. The van der Waals surface area contributed by atoms with Gasteiger partial charge in [0.05, 0.1) is 6.10 Å². The van der Waals surface area contributed by atoms with Crippen molar-refractivity contribution in [3.63, 3.8) is 0 Å². The lowest BCUT2D eigenvalue weighted by Crippen LogP contribution is -2.08. The largest absolute Gasteiger partial charge is 0.460 e.